The van der Waals surface area contributed by atoms with Crippen molar-refractivity contribution in [3.05, 3.63) is 36.7 Å². The number of nitrogen functional groups attached to an aromatic ring is 1. The molecule has 0 spiro atoms. The molecule has 4 rings (SSSR count). The van der Waals surface area contributed by atoms with E-state index in [9.17, 15) is 9.90 Å². The molecule has 41 heavy (non-hydrogen) atoms. The molecule has 0 radical (unpaired) electrons. The number of carbonyl (C=O) groups is 1. The fraction of sp³-hybridized carbons (Fsp3) is 0.500. The molecule has 1 fully saturated rings. The zero-order chi connectivity index (χ0) is 29.9. The van der Waals surface area contributed by atoms with Crippen LogP contribution in [0.4, 0.5) is 10.3 Å². The number of rotatable bonds is 12. The molecule has 224 valence electrons. The Hall–Kier alpha value is -2.65. The van der Waals surface area contributed by atoms with E-state index in [0.717, 1.165) is 0 Å². The van der Waals surface area contributed by atoms with Gasteiger partial charge in [0.05, 0.1) is 25.6 Å². The fourth-order valence-electron chi connectivity index (χ4n) is 3.93. The highest BCUT2D eigenvalue weighted by molar-refractivity contribution is 8.09. The molecule has 13 nitrogen and oxygen atoms in total. The van der Waals surface area contributed by atoms with Crippen LogP contribution in [0.15, 0.2) is 36.7 Å². The molecule has 17 heteroatoms. The van der Waals surface area contributed by atoms with Crippen LogP contribution < -0.4 is 20.1 Å². The molecule has 0 aliphatic carbocycles. The van der Waals surface area contributed by atoms with Gasteiger partial charge in [-0.1, -0.05) is 29.8 Å². The van der Waals surface area contributed by atoms with Gasteiger partial charge in [-0.05, 0) is 51.6 Å². The third-order valence-corrected chi connectivity index (χ3v) is 8.66. The van der Waals surface area contributed by atoms with Gasteiger partial charge in [-0.25, -0.2) is 14.5 Å². The Morgan fingerprint density at radius 2 is 2.05 bits per heavy atom. The minimum atomic E-state index is -3.50. The third kappa shape index (κ3) is 7.05. The number of aliphatic hydroxyl groups is 1. The Morgan fingerprint density at radius 1 is 1.34 bits per heavy atom. The van der Waals surface area contributed by atoms with Gasteiger partial charge in [0.2, 0.25) is 11.8 Å². The number of halogens is 2. The smallest absolute Gasteiger partial charge is 0.323 e. The molecule has 1 aromatic carbocycles. The number of anilines is 1. The Balaban J connectivity index is 1.56. The molecule has 1 aliphatic heterocycles. The number of hydrogen-bond acceptors (Lipinski definition) is 12. The molecule has 6 atom stereocenters. The zero-order valence-corrected chi connectivity index (χ0v) is 25.1. The molecule has 0 bridgehead atoms. The number of benzene rings is 1. The average Bonchev–Trinajstić information content (AvgIpc) is 3.41. The number of imidazole rings is 1. The largest absolute Gasteiger partial charge is 0.476 e. The van der Waals surface area contributed by atoms with E-state index in [1.807, 2.05) is 0 Å². The molecular weight excluding hydrogens is 602 g/mol. The first-order chi connectivity index (χ1) is 19.3. The maximum Gasteiger partial charge on any atom is 0.323 e. The minimum absolute atomic E-state index is 0.0825. The van der Waals surface area contributed by atoms with Crippen LogP contribution in [0.1, 0.15) is 33.9 Å². The number of hydrogen-bond donors (Lipinski definition) is 3. The monoisotopic (exact) mass is 632 g/mol. The lowest BCUT2D eigenvalue weighted by atomic mass is 10.1. The number of alkyl halides is 2. The molecular formula is C24H31ClFN6O7PS. The van der Waals surface area contributed by atoms with Gasteiger partial charge in [0.1, 0.15) is 24.0 Å². The van der Waals surface area contributed by atoms with Crippen molar-refractivity contribution in [3.63, 3.8) is 0 Å². The number of nitrogens with zero attached hydrogens (tertiary/aromatic N) is 4. The first-order valence-corrected chi connectivity index (χ1v) is 15.7. The Labute approximate surface area is 245 Å². The standard InChI is InChI=1S/C24H31ClFN6O7PS/c1-5-35-20-17-19(29-23(27)30-20)32(12-28-17)22-24(25,26)18(33)16(38-22)11-36-40(41,39-15-9-7-6-8-10-15)31-14(4)21(34)37-13(2)3/h6-10,12-14,16,18,22,33H,5,11H2,1-4H3,(H,31,41)(H2,27,29,30)/t14-,16+,18+,22+,24-,40?/m0/s1. The van der Waals surface area contributed by atoms with E-state index in [4.69, 9.17) is 52.4 Å². The Bertz CT molecular complexity index is 1420. The number of fused-ring (bicyclic) bond motifs is 1. The quantitative estimate of drug-likeness (QED) is 0.152. The number of aromatic nitrogens is 4. The van der Waals surface area contributed by atoms with Gasteiger partial charge in [-0.15, -0.1) is 0 Å². The number of nitrogens with one attached hydrogen (secondary N) is 1. The molecule has 0 saturated carbocycles. The highest BCUT2D eigenvalue weighted by Crippen LogP contribution is 2.49. The Kier molecular flexibility index (Phi) is 9.69. The minimum Gasteiger partial charge on any atom is -0.476 e. The number of carbonyl (C=O) groups excluding carboxylic acids is 1. The van der Waals surface area contributed by atoms with Crippen molar-refractivity contribution in [2.45, 2.75) is 63.4 Å². The number of aliphatic hydroxyl groups excluding tert-OH is 1. The van der Waals surface area contributed by atoms with Gasteiger partial charge >= 0.3 is 12.6 Å². The van der Waals surface area contributed by atoms with Crippen LogP contribution in [0, 0.1) is 0 Å². The molecule has 3 heterocycles. The predicted molar refractivity (Wildman–Crippen MR) is 152 cm³/mol. The van der Waals surface area contributed by atoms with Crippen LogP contribution in [-0.4, -0.2) is 73.3 Å². The van der Waals surface area contributed by atoms with Crippen LogP contribution in [0.5, 0.6) is 11.6 Å². The topological polar surface area (TPSA) is 165 Å². The second-order valence-corrected chi connectivity index (χ2v) is 13.0. The SMILES string of the molecule is CCOc1nc(N)nc2c1ncn2[C@@H]1O[C@H](COP(=S)(N[C@@H](C)C(=O)OC(C)C)Oc2ccccc2)[C@@H](O)[C@@]1(F)Cl. The number of esters is 1. The van der Waals surface area contributed by atoms with Crippen molar-refractivity contribution in [2.75, 3.05) is 18.9 Å². The van der Waals surface area contributed by atoms with E-state index < -0.39 is 48.8 Å². The molecule has 1 saturated heterocycles. The summed E-state index contributed by atoms with van der Waals surface area (Å²) in [5, 5.41) is 10.9. The molecule has 1 unspecified atom stereocenters. The highest BCUT2D eigenvalue weighted by atomic mass is 35.5. The van der Waals surface area contributed by atoms with Crippen molar-refractivity contribution in [1.82, 2.24) is 24.6 Å². The van der Waals surface area contributed by atoms with E-state index in [-0.39, 0.29) is 35.7 Å². The third-order valence-electron chi connectivity index (χ3n) is 5.75. The van der Waals surface area contributed by atoms with Crippen molar-refractivity contribution < 1.29 is 37.5 Å². The second kappa shape index (κ2) is 12.7. The molecule has 4 N–H and O–H groups in total. The first kappa shape index (κ1) is 31.3. The van der Waals surface area contributed by atoms with E-state index in [0.29, 0.717) is 5.75 Å². The highest BCUT2D eigenvalue weighted by Gasteiger charge is 2.58. The van der Waals surface area contributed by atoms with Crippen LogP contribution in [0.25, 0.3) is 11.2 Å². The van der Waals surface area contributed by atoms with Crippen molar-refractivity contribution >= 4 is 53.1 Å². The summed E-state index contributed by atoms with van der Waals surface area (Å²) in [5.74, 6) is -0.255. The maximum atomic E-state index is 15.8. The summed E-state index contributed by atoms with van der Waals surface area (Å²) in [5.41, 5.74) is 6.09. The van der Waals surface area contributed by atoms with Gasteiger partial charge in [-0.2, -0.15) is 9.97 Å². The Morgan fingerprint density at radius 3 is 2.71 bits per heavy atom. The molecule has 0 amide bonds. The lowest BCUT2D eigenvalue weighted by Crippen LogP contribution is -2.40. The summed E-state index contributed by atoms with van der Waals surface area (Å²) < 4.78 is 45.4. The molecule has 1 aliphatic rings. The number of nitrogens with two attached hydrogens (primary N) is 1. The van der Waals surface area contributed by atoms with E-state index >= 15 is 4.39 Å². The summed E-state index contributed by atoms with van der Waals surface area (Å²) in [7, 11) is 0. The van der Waals surface area contributed by atoms with Crippen LogP contribution >= 0.6 is 18.2 Å². The summed E-state index contributed by atoms with van der Waals surface area (Å²) >= 11 is 11.9. The van der Waals surface area contributed by atoms with E-state index in [1.165, 1.54) is 10.9 Å². The van der Waals surface area contributed by atoms with Crippen LogP contribution in [-0.2, 0) is 30.6 Å². The maximum absolute atomic E-state index is 15.8. The van der Waals surface area contributed by atoms with Crippen molar-refractivity contribution in [3.8, 4) is 11.6 Å². The second-order valence-electron chi connectivity index (χ2n) is 9.32. The van der Waals surface area contributed by atoms with Crippen molar-refractivity contribution in [2.24, 2.45) is 0 Å². The van der Waals surface area contributed by atoms with E-state index in [2.05, 4.69) is 20.0 Å². The summed E-state index contributed by atoms with van der Waals surface area (Å²) in [6, 6.07) is 7.64. The average molecular weight is 633 g/mol. The van der Waals surface area contributed by atoms with Crippen LogP contribution in [0.2, 0.25) is 0 Å². The van der Waals surface area contributed by atoms with Crippen LogP contribution in [0.3, 0.4) is 0 Å². The first-order valence-electron chi connectivity index (χ1n) is 12.7. The zero-order valence-electron chi connectivity index (χ0n) is 22.6. The molecule has 2 aromatic heterocycles. The lowest BCUT2D eigenvalue weighted by Gasteiger charge is -2.28. The van der Waals surface area contributed by atoms with E-state index in [1.54, 1.807) is 58.0 Å². The van der Waals surface area contributed by atoms with Gasteiger partial charge in [-0.3, -0.25) is 9.36 Å². The van der Waals surface area contributed by atoms with Crippen molar-refractivity contribution in [1.29, 1.82) is 0 Å². The van der Waals surface area contributed by atoms with Gasteiger partial charge in [0.15, 0.2) is 17.4 Å². The number of para-hydroxylation sites is 1. The van der Waals surface area contributed by atoms with Gasteiger partial charge in [0, 0.05) is 0 Å². The summed E-state index contributed by atoms with van der Waals surface area (Å²) in [4.78, 5) is 24.8. The number of ether oxygens (including phenoxy) is 3. The fourth-order valence-corrected chi connectivity index (χ4v) is 6.64. The van der Waals surface area contributed by atoms with Gasteiger partial charge < -0.3 is 34.1 Å². The summed E-state index contributed by atoms with van der Waals surface area (Å²) in [6.45, 7) is 3.04. The lowest BCUT2D eigenvalue weighted by molar-refractivity contribution is -0.149. The predicted octanol–water partition coefficient (Wildman–Crippen LogP) is 3.22. The van der Waals surface area contributed by atoms with Gasteiger partial charge in [0.25, 0.3) is 5.13 Å². The summed E-state index contributed by atoms with van der Waals surface area (Å²) in [6.07, 6.45) is -3.91. The molecule has 3 aromatic rings. The normalized spacial score (nSPS) is 24.7.